The van der Waals surface area contributed by atoms with Gasteiger partial charge in [0.25, 0.3) is 0 Å². The van der Waals surface area contributed by atoms with Crippen LogP contribution in [0.25, 0.3) is 0 Å². The van der Waals surface area contributed by atoms with Gasteiger partial charge in [-0.3, -0.25) is 0 Å². The van der Waals surface area contributed by atoms with E-state index in [1.807, 2.05) is 6.07 Å². The predicted molar refractivity (Wildman–Crippen MR) is 52.8 cm³/mol. The van der Waals surface area contributed by atoms with E-state index in [0.717, 1.165) is 21.9 Å². The van der Waals surface area contributed by atoms with Crippen molar-refractivity contribution in [3.05, 3.63) is 33.1 Å². The van der Waals surface area contributed by atoms with E-state index in [4.69, 9.17) is 0 Å². The lowest BCUT2D eigenvalue weighted by Crippen LogP contribution is -1.89. The Morgan fingerprint density at radius 1 is 1.50 bits per heavy atom. The lowest BCUT2D eigenvalue weighted by atomic mass is 10.2. The molecule has 1 aromatic rings. The summed E-state index contributed by atoms with van der Waals surface area (Å²) >= 11 is 2.23. The van der Waals surface area contributed by atoms with Gasteiger partial charge in [0.05, 0.1) is 0 Å². The van der Waals surface area contributed by atoms with Crippen molar-refractivity contribution in [2.45, 2.75) is 6.04 Å². The molecule has 0 amide bonds. The lowest BCUT2D eigenvalue weighted by molar-refractivity contribution is 0.626. The summed E-state index contributed by atoms with van der Waals surface area (Å²) in [6.07, 6.45) is 0. The zero-order valence-corrected chi connectivity index (χ0v) is 9.85. The van der Waals surface area contributed by atoms with Gasteiger partial charge in [0.2, 0.25) is 0 Å². The fraction of sp³-hybridized carbons (Fsp3) is 0.143. The third-order valence-corrected chi connectivity index (χ3v) is 3.20. The molecule has 0 bridgehead atoms. The third kappa shape index (κ3) is 1.79. The molecule has 0 N–H and O–H groups in total. The molecule has 54 valence electrons. The topological polar surface area (TPSA) is 0 Å². The van der Waals surface area contributed by atoms with Crippen molar-refractivity contribution in [1.29, 1.82) is 0 Å². The van der Waals surface area contributed by atoms with Crippen LogP contribution in [0.1, 0.15) is 5.56 Å². The molecule has 3 heteroatoms. The molecule has 0 aliphatic carbocycles. The Balaban J connectivity index is 3.09. The highest BCUT2D eigenvalue weighted by Gasteiger charge is 1.97. The highest BCUT2D eigenvalue weighted by atomic mass is 127. The Kier molecular flexibility index (Phi) is 2.85. The standard InChI is InChI=1S/C7H8FISi/c8-6-1-2-7(9)5(3-6)4-10/h1-3H,4H2,10H3. The summed E-state index contributed by atoms with van der Waals surface area (Å²) in [7, 11) is 1.10. The third-order valence-electron chi connectivity index (χ3n) is 1.39. The van der Waals surface area contributed by atoms with Crippen molar-refractivity contribution in [3.63, 3.8) is 0 Å². The van der Waals surface area contributed by atoms with E-state index in [2.05, 4.69) is 22.6 Å². The summed E-state index contributed by atoms with van der Waals surface area (Å²) in [5, 5.41) is 0. The Morgan fingerprint density at radius 2 is 2.20 bits per heavy atom. The van der Waals surface area contributed by atoms with E-state index in [9.17, 15) is 4.39 Å². The van der Waals surface area contributed by atoms with Crippen molar-refractivity contribution in [2.75, 3.05) is 0 Å². The highest BCUT2D eigenvalue weighted by molar-refractivity contribution is 14.1. The minimum absolute atomic E-state index is 0.119. The van der Waals surface area contributed by atoms with Crippen LogP contribution in [0.4, 0.5) is 4.39 Å². The first-order chi connectivity index (χ1) is 4.74. The fourth-order valence-corrected chi connectivity index (χ4v) is 2.84. The summed E-state index contributed by atoms with van der Waals surface area (Å²) in [6.45, 7) is 0. The van der Waals surface area contributed by atoms with Crippen molar-refractivity contribution in [1.82, 2.24) is 0 Å². The minimum atomic E-state index is -0.119. The molecule has 1 rings (SSSR count). The van der Waals surface area contributed by atoms with Crippen LogP contribution in [0, 0.1) is 9.39 Å². The lowest BCUT2D eigenvalue weighted by Gasteiger charge is -1.98. The van der Waals surface area contributed by atoms with Gasteiger partial charge < -0.3 is 0 Å². The second-order valence-electron chi connectivity index (χ2n) is 2.09. The molecule has 0 saturated carbocycles. The summed E-state index contributed by atoms with van der Waals surface area (Å²) < 4.78 is 13.7. The average Bonchev–Trinajstić information content (AvgIpc) is 1.94. The number of rotatable bonds is 1. The van der Waals surface area contributed by atoms with Crippen molar-refractivity contribution < 1.29 is 4.39 Å². The smallest absolute Gasteiger partial charge is 0.123 e. The van der Waals surface area contributed by atoms with Crippen molar-refractivity contribution in [2.24, 2.45) is 0 Å². The molecule has 0 aliphatic rings. The molecule has 10 heavy (non-hydrogen) atoms. The molecule has 0 nitrogen and oxygen atoms in total. The number of halogens is 2. The highest BCUT2D eigenvalue weighted by Crippen LogP contribution is 2.12. The first-order valence-electron chi connectivity index (χ1n) is 3.18. The monoisotopic (exact) mass is 266 g/mol. The Bertz CT molecular complexity index is 237. The first-order valence-corrected chi connectivity index (χ1v) is 5.67. The molecule has 0 aliphatic heterocycles. The fourth-order valence-electron chi connectivity index (χ4n) is 0.814. The molecule has 0 radical (unpaired) electrons. The molecule has 0 heterocycles. The molecule has 0 fully saturated rings. The summed E-state index contributed by atoms with van der Waals surface area (Å²) in [5.74, 6) is -0.119. The van der Waals surface area contributed by atoms with Crippen LogP contribution in [0.5, 0.6) is 0 Å². The SMILES string of the molecule is Fc1ccc(I)c(C[SiH3])c1. The van der Waals surface area contributed by atoms with Gasteiger partial charge in [-0.2, -0.15) is 0 Å². The predicted octanol–water partition coefficient (Wildman–Crippen LogP) is 1.30. The van der Waals surface area contributed by atoms with Gasteiger partial charge in [0.15, 0.2) is 0 Å². The molecule has 0 spiro atoms. The number of hydrogen-bond donors (Lipinski definition) is 0. The minimum Gasteiger partial charge on any atom is -0.207 e. The maximum Gasteiger partial charge on any atom is 0.123 e. The van der Waals surface area contributed by atoms with Gasteiger partial charge in [-0.15, -0.1) is 0 Å². The van der Waals surface area contributed by atoms with Gasteiger partial charge in [-0.1, -0.05) is 0 Å². The van der Waals surface area contributed by atoms with E-state index in [1.54, 1.807) is 6.07 Å². The molecular weight excluding hydrogens is 258 g/mol. The largest absolute Gasteiger partial charge is 0.207 e. The maximum atomic E-state index is 12.5. The Hall–Kier alpha value is 0.0969. The molecule has 0 aromatic heterocycles. The normalized spacial score (nSPS) is 10.2. The van der Waals surface area contributed by atoms with Crippen LogP contribution in [0.15, 0.2) is 18.2 Å². The van der Waals surface area contributed by atoms with Crippen LogP contribution in [0.3, 0.4) is 0 Å². The first kappa shape index (κ1) is 8.20. The second-order valence-corrected chi connectivity index (χ2v) is 3.96. The van der Waals surface area contributed by atoms with E-state index < -0.39 is 0 Å². The van der Waals surface area contributed by atoms with Gasteiger partial charge in [-0.05, 0) is 52.4 Å². The van der Waals surface area contributed by atoms with Gasteiger partial charge in [-0.25, -0.2) is 4.39 Å². The van der Waals surface area contributed by atoms with Crippen LogP contribution >= 0.6 is 22.6 Å². The van der Waals surface area contributed by atoms with Crippen LogP contribution in [0.2, 0.25) is 0 Å². The zero-order chi connectivity index (χ0) is 7.56. The Labute approximate surface area is 76.4 Å². The van der Waals surface area contributed by atoms with Gasteiger partial charge in [0, 0.05) is 13.8 Å². The van der Waals surface area contributed by atoms with E-state index in [-0.39, 0.29) is 5.82 Å². The second kappa shape index (κ2) is 3.48. The summed E-state index contributed by atoms with van der Waals surface area (Å²) in [5.41, 5.74) is 1.15. The Morgan fingerprint density at radius 3 is 2.70 bits per heavy atom. The molecule has 1 aromatic carbocycles. The average molecular weight is 266 g/mol. The van der Waals surface area contributed by atoms with Crippen LogP contribution in [-0.2, 0) is 6.04 Å². The number of hydrogen-bond acceptors (Lipinski definition) is 0. The summed E-state index contributed by atoms with van der Waals surface area (Å²) in [4.78, 5) is 0. The zero-order valence-electron chi connectivity index (χ0n) is 5.70. The van der Waals surface area contributed by atoms with E-state index >= 15 is 0 Å². The molecule has 0 atom stereocenters. The van der Waals surface area contributed by atoms with Gasteiger partial charge >= 0.3 is 0 Å². The summed E-state index contributed by atoms with van der Waals surface area (Å²) in [6, 6.07) is 5.98. The van der Waals surface area contributed by atoms with Gasteiger partial charge in [0.1, 0.15) is 5.82 Å². The van der Waals surface area contributed by atoms with Crippen LogP contribution in [-0.4, -0.2) is 10.2 Å². The number of benzene rings is 1. The molecule has 0 unspecified atom stereocenters. The van der Waals surface area contributed by atoms with E-state index in [0.29, 0.717) is 0 Å². The molecule has 0 saturated heterocycles. The quantitative estimate of drug-likeness (QED) is 0.531. The molecular formula is C7H8FISi. The maximum absolute atomic E-state index is 12.5. The van der Waals surface area contributed by atoms with E-state index in [1.165, 1.54) is 9.64 Å². The van der Waals surface area contributed by atoms with Crippen molar-refractivity contribution in [3.8, 4) is 0 Å². The van der Waals surface area contributed by atoms with Crippen LogP contribution < -0.4 is 0 Å². The van der Waals surface area contributed by atoms with Crippen molar-refractivity contribution >= 4 is 32.8 Å².